The topological polar surface area (TPSA) is 35.8 Å². The number of fused-ring (bicyclic) bond motifs is 1. The predicted molar refractivity (Wildman–Crippen MR) is 29.0 cm³/mol. The average molecular weight is 108 g/mol. The summed E-state index contributed by atoms with van der Waals surface area (Å²) in [6.45, 7) is 2.17. The number of nitrogens with one attached hydrogen (secondary N) is 1. The summed E-state index contributed by atoms with van der Waals surface area (Å²) < 4.78 is 0. The molecule has 0 amide bonds. The van der Waals surface area contributed by atoms with Gasteiger partial charge in [0.15, 0.2) is 0 Å². The lowest BCUT2D eigenvalue weighted by Crippen LogP contribution is -2.13. The summed E-state index contributed by atoms with van der Waals surface area (Å²) in [6, 6.07) is 2.30. The Morgan fingerprint density at radius 1 is 1.38 bits per heavy atom. The Morgan fingerprint density at radius 2 is 2.00 bits per heavy atom. The van der Waals surface area contributed by atoms with Gasteiger partial charge in [0.25, 0.3) is 0 Å². The lowest BCUT2D eigenvalue weighted by molar-refractivity contribution is 0.675. The predicted octanol–water partition coefficient (Wildman–Crippen LogP) is -0.0246. The first kappa shape index (κ1) is 4.34. The van der Waals surface area contributed by atoms with Gasteiger partial charge in [0, 0.05) is 0 Å². The van der Waals surface area contributed by atoms with Crippen molar-refractivity contribution >= 4 is 0 Å². The highest BCUT2D eigenvalue weighted by Gasteiger charge is 2.53. The lowest BCUT2D eigenvalue weighted by Gasteiger charge is -1.92. The Labute approximate surface area is 48.5 Å². The fraction of sp³-hybridized carbons (Fsp3) is 0.833. The van der Waals surface area contributed by atoms with Gasteiger partial charge >= 0.3 is 0 Å². The van der Waals surface area contributed by atoms with Crippen LogP contribution < -0.4 is 5.32 Å². The van der Waals surface area contributed by atoms with Gasteiger partial charge in [-0.15, -0.1) is 0 Å². The van der Waals surface area contributed by atoms with Gasteiger partial charge < -0.3 is 5.32 Å². The number of rotatable bonds is 0. The van der Waals surface area contributed by atoms with Gasteiger partial charge in [-0.1, -0.05) is 0 Å². The molecule has 2 fully saturated rings. The Balaban J connectivity index is 2.06. The molecule has 1 saturated heterocycles. The van der Waals surface area contributed by atoms with Crippen LogP contribution in [-0.2, 0) is 0 Å². The van der Waals surface area contributed by atoms with E-state index in [1.165, 1.54) is 0 Å². The molecule has 2 nitrogen and oxygen atoms in total. The van der Waals surface area contributed by atoms with Gasteiger partial charge in [-0.2, -0.15) is 5.26 Å². The van der Waals surface area contributed by atoms with E-state index < -0.39 is 0 Å². The van der Waals surface area contributed by atoms with E-state index >= 15 is 0 Å². The highest BCUT2D eigenvalue weighted by atomic mass is 15.0. The van der Waals surface area contributed by atoms with Crippen molar-refractivity contribution in [2.24, 2.45) is 17.8 Å². The fourth-order valence-corrected chi connectivity index (χ4v) is 1.61. The second-order valence-electron chi connectivity index (χ2n) is 2.64. The molecule has 0 unspecified atom stereocenters. The molecule has 0 radical (unpaired) electrons. The Morgan fingerprint density at radius 3 is 2.38 bits per heavy atom. The molecule has 42 valence electrons. The van der Waals surface area contributed by atoms with E-state index in [1.54, 1.807) is 0 Å². The van der Waals surface area contributed by atoms with Gasteiger partial charge in [-0.05, 0) is 24.9 Å². The number of hydrogen-bond acceptors (Lipinski definition) is 2. The van der Waals surface area contributed by atoms with Crippen molar-refractivity contribution in [2.45, 2.75) is 0 Å². The van der Waals surface area contributed by atoms with Crippen LogP contribution >= 0.6 is 0 Å². The maximum atomic E-state index is 8.43. The molecule has 8 heavy (non-hydrogen) atoms. The summed E-state index contributed by atoms with van der Waals surface area (Å²) in [7, 11) is 0. The van der Waals surface area contributed by atoms with E-state index in [0.717, 1.165) is 24.9 Å². The largest absolute Gasteiger partial charge is 0.316 e. The van der Waals surface area contributed by atoms with Crippen LogP contribution in [0.3, 0.4) is 0 Å². The quantitative estimate of drug-likeness (QED) is 0.473. The van der Waals surface area contributed by atoms with Crippen LogP contribution in [0.2, 0.25) is 0 Å². The van der Waals surface area contributed by atoms with E-state index in [2.05, 4.69) is 11.4 Å². The molecule has 0 aromatic carbocycles. The van der Waals surface area contributed by atoms with E-state index in [1.807, 2.05) is 0 Å². The first-order valence-corrected chi connectivity index (χ1v) is 3.04. The highest BCUT2D eigenvalue weighted by molar-refractivity contribution is 5.13. The molecular formula is C6H8N2. The number of hydrogen-bond donors (Lipinski definition) is 1. The zero-order chi connectivity index (χ0) is 5.56. The summed E-state index contributed by atoms with van der Waals surface area (Å²) in [5.74, 6) is 1.86. The summed E-state index contributed by atoms with van der Waals surface area (Å²) in [6.07, 6.45) is 0. The third-order valence-corrected chi connectivity index (χ3v) is 2.24. The van der Waals surface area contributed by atoms with Crippen LogP contribution in [0.4, 0.5) is 0 Å². The molecule has 1 aliphatic heterocycles. The molecule has 2 aliphatic rings. The van der Waals surface area contributed by atoms with Crippen LogP contribution in [0.5, 0.6) is 0 Å². The van der Waals surface area contributed by atoms with Crippen molar-refractivity contribution in [1.82, 2.24) is 5.32 Å². The van der Waals surface area contributed by atoms with Crippen molar-refractivity contribution < 1.29 is 0 Å². The van der Waals surface area contributed by atoms with Crippen LogP contribution in [0.1, 0.15) is 0 Å². The van der Waals surface area contributed by atoms with Crippen molar-refractivity contribution in [3.8, 4) is 6.07 Å². The highest BCUT2D eigenvalue weighted by Crippen LogP contribution is 2.47. The molecule has 0 spiro atoms. The standard InChI is InChI=1S/C6H8N2/c7-1-4-5-2-8-3-6(4)5/h4-6,8H,2-3H2/t4-,5-,6+. The van der Waals surface area contributed by atoms with Crippen LogP contribution in [0.25, 0.3) is 0 Å². The molecule has 1 saturated carbocycles. The van der Waals surface area contributed by atoms with E-state index in [9.17, 15) is 0 Å². The molecule has 2 rings (SSSR count). The van der Waals surface area contributed by atoms with E-state index in [-0.39, 0.29) is 0 Å². The van der Waals surface area contributed by atoms with Gasteiger partial charge in [0.2, 0.25) is 0 Å². The Bertz CT molecular complexity index is 137. The molecule has 1 aliphatic carbocycles. The summed E-state index contributed by atoms with van der Waals surface area (Å²) in [4.78, 5) is 0. The van der Waals surface area contributed by atoms with Crippen LogP contribution in [0, 0.1) is 29.1 Å². The normalized spacial score (nSPS) is 50.1. The average Bonchev–Trinajstić information content (AvgIpc) is 2.22. The van der Waals surface area contributed by atoms with Gasteiger partial charge in [-0.25, -0.2) is 0 Å². The van der Waals surface area contributed by atoms with Crippen molar-refractivity contribution in [2.75, 3.05) is 13.1 Å². The number of nitriles is 1. The van der Waals surface area contributed by atoms with E-state index in [4.69, 9.17) is 5.26 Å². The first-order valence-electron chi connectivity index (χ1n) is 3.04. The Kier molecular flexibility index (Phi) is 0.671. The summed E-state index contributed by atoms with van der Waals surface area (Å²) in [5.41, 5.74) is 0. The van der Waals surface area contributed by atoms with Gasteiger partial charge in [-0.3, -0.25) is 0 Å². The third kappa shape index (κ3) is 0.354. The maximum absolute atomic E-state index is 8.43. The van der Waals surface area contributed by atoms with Crippen molar-refractivity contribution in [1.29, 1.82) is 5.26 Å². The van der Waals surface area contributed by atoms with Gasteiger partial charge in [0.05, 0.1) is 12.0 Å². The minimum Gasteiger partial charge on any atom is -0.316 e. The van der Waals surface area contributed by atoms with Gasteiger partial charge in [0.1, 0.15) is 0 Å². The summed E-state index contributed by atoms with van der Waals surface area (Å²) in [5, 5.41) is 11.7. The van der Waals surface area contributed by atoms with Crippen molar-refractivity contribution in [3.05, 3.63) is 0 Å². The first-order chi connectivity index (χ1) is 3.93. The molecule has 1 N–H and O–H groups in total. The van der Waals surface area contributed by atoms with E-state index in [0.29, 0.717) is 5.92 Å². The molecular weight excluding hydrogens is 100 g/mol. The fourth-order valence-electron chi connectivity index (χ4n) is 1.61. The van der Waals surface area contributed by atoms with Crippen molar-refractivity contribution in [3.63, 3.8) is 0 Å². The molecule has 1 heterocycles. The molecule has 2 heteroatoms. The SMILES string of the molecule is N#C[C@@H]1[C@H]2CNC[C@@H]12. The molecule has 3 atom stereocenters. The second kappa shape index (κ2) is 1.24. The number of nitrogens with zero attached hydrogens (tertiary/aromatic N) is 1. The monoisotopic (exact) mass is 108 g/mol. The minimum absolute atomic E-state index is 0.413. The van der Waals surface area contributed by atoms with Crippen LogP contribution in [-0.4, -0.2) is 13.1 Å². The van der Waals surface area contributed by atoms with Crippen LogP contribution in [0.15, 0.2) is 0 Å². The second-order valence-corrected chi connectivity index (χ2v) is 2.64. The molecule has 0 aromatic rings. The maximum Gasteiger partial charge on any atom is 0.0662 e. The Hall–Kier alpha value is -0.550. The third-order valence-electron chi connectivity index (χ3n) is 2.24. The zero-order valence-corrected chi connectivity index (χ0v) is 4.59. The number of piperidine rings is 1. The summed E-state index contributed by atoms with van der Waals surface area (Å²) >= 11 is 0. The smallest absolute Gasteiger partial charge is 0.0662 e. The molecule has 0 bridgehead atoms. The molecule has 0 aromatic heterocycles. The zero-order valence-electron chi connectivity index (χ0n) is 4.59. The lowest BCUT2D eigenvalue weighted by atomic mass is 10.3. The minimum atomic E-state index is 0.413.